The highest BCUT2D eigenvalue weighted by Gasteiger charge is 2.30. The maximum Gasteiger partial charge on any atom is 0.261 e. The third kappa shape index (κ3) is 3.53. The predicted octanol–water partition coefficient (Wildman–Crippen LogP) is 2.14. The zero-order valence-corrected chi connectivity index (χ0v) is 13.0. The van der Waals surface area contributed by atoms with Crippen molar-refractivity contribution in [2.24, 2.45) is 0 Å². The Morgan fingerprint density at radius 2 is 2.24 bits per heavy atom. The lowest BCUT2D eigenvalue weighted by Gasteiger charge is -2.24. The molecular weight excluding hydrogens is 268 g/mol. The number of pyridine rings is 1. The molecule has 1 amide bonds. The lowest BCUT2D eigenvalue weighted by Crippen LogP contribution is -2.40. The minimum Gasteiger partial charge on any atom is -0.380 e. The number of hydrogen-bond donors (Lipinski definition) is 1. The van der Waals surface area contributed by atoms with Crippen LogP contribution in [0, 0.1) is 0 Å². The van der Waals surface area contributed by atoms with Crippen LogP contribution in [0.5, 0.6) is 0 Å². The maximum atomic E-state index is 12.6. The lowest BCUT2D eigenvalue weighted by molar-refractivity contribution is 0.0563. The standard InChI is InChI=1S/C16H24N2O3/c1-4-21-10-12-6-5-9-18(12)16(20)13-7-8-14(11(2)3)17-15(13)19/h7-8,11-12H,4-6,9-10H2,1-3H3,(H,17,19)/t12-/m1/s1. The molecule has 1 N–H and O–H groups in total. The van der Waals surface area contributed by atoms with Crippen molar-refractivity contribution >= 4 is 5.91 Å². The third-order valence-corrected chi connectivity index (χ3v) is 3.94. The summed E-state index contributed by atoms with van der Waals surface area (Å²) in [6.07, 6.45) is 1.90. The molecule has 1 aromatic rings. The van der Waals surface area contributed by atoms with E-state index in [1.807, 2.05) is 26.8 Å². The number of aromatic amines is 1. The first-order valence-corrected chi connectivity index (χ1v) is 7.66. The third-order valence-electron chi connectivity index (χ3n) is 3.94. The molecule has 0 aliphatic carbocycles. The van der Waals surface area contributed by atoms with Gasteiger partial charge in [-0.05, 0) is 37.8 Å². The van der Waals surface area contributed by atoms with Gasteiger partial charge in [0.1, 0.15) is 5.56 Å². The van der Waals surface area contributed by atoms with Crippen molar-refractivity contribution in [2.75, 3.05) is 19.8 Å². The molecule has 0 saturated carbocycles. The second-order valence-electron chi connectivity index (χ2n) is 5.77. The number of amides is 1. The van der Waals surface area contributed by atoms with Gasteiger partial charge >= 0.3 is 0 Å². The average Bonchev–Trinajstić information content (AvgIpc) is 2.92. The largest absolute Gasteiger partial charge is 0.380 e. The van der Waals surface area contributed by atoms with Crippen molar-refractivity contribution in [3.63, 3.8) is 0 Å². The summed E-state index contributed by atoms with van der Waals surface area (Å²) in [6, 6.07) is 3.56. The van der Waals surface area contributed by atoms with Gasteiger partial charge in [-0.3, -0.25) is 9.59 Å². The van der Waals surface area contributed by atoms with E-state index in [0.29, 0.717) is 19.8 Å². The summed E-state index contributed by atoms with van der Waals surface area (Å²) in [5, 5.41) is 0. The Labute approximate surface area is 125 Å². The van der Waals surface area contributed by atoms with Gasteiger partial charge in [0, 0.05) is 18.8 Å². The quantitative estimate of drug-likeness (QED) is 0.904. The topological polar surface area (TPSA) is 62.4 Å². The van der Waals surface area contributed by atoms with Crippen molar-refractivity contribution in [3.8, 4) is 0 Å². The Balaban J connectivity index is 2.17. The number of ether oxygens (including phenoxy) is 1. The van der Waals surface area contributed by atoms with Gasteiger partial charge in [-0.1, -0.05) is 13.8 Å². The molecule has 0 unspecified atom stereocenters. The molecule has 0 spiro atoms. The molecule has 1 atom stereocenters. The van der Waals surface area contributed by atoms with Crippen LogP contribution >= 0.6 is 0 Å². The highest BCUT2D eigenvalue weighted by Crippen LogP contribution is 2.20. The van der Waals surface area contributed by atoms with E-state index in [0.717, 1.165) is 18.5 Å². The number of hydrogen-bond acceptors (Lipinski definition) is 3. The van der Waals surface area contributed by atoms with E-state index in [1.54, 1.807) is 11.0 Å². The van der Waals surface area contributed by atoms with Crippen LogP contribution in [0.25, 0.3) is 0 Å². The molecule has 0 radical (unpaired) electrons. The first-order valence-electron chi connectivity index (χ1n) is 7.66. The average molecular weight is 292 g/mol. The highest BCUT2D eigenvalue weighted by molar-refractivity contribution is 5.94. The minimum atomic E-state index is -0.298. The molecule has 1 fully saturated rings. The molecule has 1 aliphatic heterocycles. The summed E-state index contributed by atoms with van der Waals surface area (Å²) in [7, 11) is 0. The lowest BCUT2D eigenvalue weighted by atomic mass is 10.1. The van der Waals surface area contributed by atoms with Crippen molar-refractivity contribution in [1.29, 1.82) is 0 Å². The van der Waals surface area contributed by atoms with Crippen LogP contribution in [0.4, 0.5) is 0 Å². The fourth-order valence-electron chi connectivity index (χ4n) is 2.68. The van der Waals surface area contributed by atoms with Crippen molar-refractivity contribution in [3.05, 3.63) is 33.7 Å². The maximum absolute atomic E-state index is 12.6. The molecule has 5 nitrogen and oxygen atoms in total. The van der Waals surface area contributed by atoms with Crippen LogP contribution in [-0.4, -0.2) is 41.6 Å². The number of carbonyl (C=O) groups is 1. The predicted molar refractivity (Wildman–Crippen MR) is 81.7 cm³/mol. The van der Waals surface area contributed by atoms with E-state index < -0.39 is 0 Å². The second-order valence-corrected chi connectivity index (χ2v) is 5.77. The Hall–Kier alpha value is -1.62. The van der Waals surface area contributed by atoms with Crippen molar-refractivity contribution < 1.29 is 9.53 Å². The van der Waals surface area contributed by atoms with Gasteiger partial charge in [0.2, 0.25) is 0 Å². The van der Waals surface area contributed by atoms with E-state index in [-0.39, 0.29) is 29.0 Å². The molecule has 5 heteroatoms. The number of aromatic nitrogens is 1. The zero-order valence-electron chi connectivity index (χ0n) is 13.0. The second kappa shape index (κ2) is 6.89. The van der Waals surface area contributed by atoms with Crippen LogP contribution < -0.4 is 5.56 Å². The van der Waals surface area contributed by atoms with Crippen LogP contribution in [0.1, 0.15) is 55.6 Å². The Morgan fingerprint density at radius 1 is 1.48 bits per heavy atom. The summed E-state index contributed by atoms with van der Waals surface area (Å²) < 4.78 is 5.43. The van der Waals surface area contributed by atoms with Crippen molar-refractivity contribution in [1.82, 2.24) is 9.88 Å². The molecular formula is C16H24N2O3. The van der Waals surface area contributed by atoms with Gasteiger partial charge in [0.05, 0.1) is 12.6 Å². The van der Waals surface area contributed by atoms with Crippen LogP contribution in [-0.2, 0) is 4.74 Å². The van der Waals surface area contributed by atoms with E-state index in [4.69, 9.17) is 4.74 Å². The van der Waals surface area contributed by atoms with Crippen LogP contribution in [0.2, 0.25) is 0 Å². The van der Waals surface area contributed by atoms with Gasteiger partial charge in [0.15, 0.2) is 0 Å². The van der Waals surface area contributed by atoms with Gasteiger partial charge < -0.3 is 14.6 Å². The molecule has 0 bridgehead atoms. The number of H-pyrrole nitrogens is 1. The Morgan fingerprint density at radius 3 is 2.86 bits per heavy atom. The molecule has 1 saturated heterocycles. The summed E-state index contributed by atoms with van der Waals surface area (Å²) in [4.78, 5) is 29.3. The first-order chi connectivity index (χ1) is 10.0. The zero-order chi connectivity index (χ0) is 15.4. The fraction of sp³-hybridized carbons (Fsp3) is 0.625. The van der Waals surface area contributed by atoms with Crippen molar-refractivity contribution in [2.45, 2.75) is 45.6 Å². The molecule has 21 heavy (non-hydrogen) atoms. The number of likely N-dealkylation sites (tertiary alicyclic amines) is 1. The summed E-state index contributed by atoms with van der Waals surface area (Å²) in [5.41, 5.74) is 0.778. The van der Waals surface area contributed by atoms with Gasteiger partial charge in [-0.15, -0.1) is 0 Å². The number of rotatable bonds is 5. The molecule has 2 heterocycles. The van der Waals surface area contributed by atoms with E-state index in [2.05, 4.69) is 4.98 Å². The summed E-state index contributed by atoms with van der Waals surface area (Å²) in [6.45, 7) is 7.83. The van der Waals surface area contributed by atoms with Gasteiger partial charge in [-0.2, -0.15) is 0 Å². The molecule has 2 rings (SSSR count). The number of nitrogens with zero attached hydrogens (tertiary/aromatic N) is 1. The molecule has 1 aromatic heterocycles. The summed E-state index contributed by atoms with van der Waals surface area (Å²) in [5.74, 6) is 0.0492. The van der Waals surface area contributed by atoms with Crippen LogP contribution in [0.15, 0.2) is 16.9 Å². The Kier molecular flexibility index (Phi) is 5.17. The van der Waals surface area contributed by atoms with E-state index in [1.165, 1.54) is 0 Å². The summed E-state index contributed by atoms with van der Waals surface area (Å²) >= 11 is 0. The normalized spacial score (nSPS) is 18.5. The van der Waals surface area contributed by atoms with Crippen LogP contribution in [0.3, 0.4) is 0 Å². The van der Waals surface area contributed by atoms with E-state index >= 15 is 0 Å². The SMILES string of the molecule is CCOC[C@H]1CCCN1C(=O)c1ccc(C(C)C)[nH]c1=O. The monoisotopic (exact) mass is 292 g/mol. The van der Waals surface area contributed by atoms with Gasteiger partial charge in [0.25, 0.3) is 11.5 Å². The van der Waals surface area contributed by atoms with Gasteiger partial charge in [-0.25, -0.2) is 0 Å². The molecule has 0 aromatic carbocycles. The number of carbonyl (C=O) groups excluding carboxylic acids is 1. The van der Waals surface area contributed by atoms with E-state index in [9.17, 15) is 9.59 Å². The molecule has 1 aliphatic rings. The Bertz CT molecular complexity index is 551. The first kappa shape index (κ1) is 15.8. The molecule has 116 valence electrons. The number of nitrogens with one attached hydrogen (secondary N) is 1. The smallest absolute Gasteiger partial charge is 0.261 e. The fourth-order valence-corrected chi connectivity index (χ4v) is 2.68. The minimum absolute atomic E-state index is 0.0848. The highest BCUT2D eigenvalue weighted by atomic mass is 16.5.